The monoisotopic (exact) mass is 306 g/mol. The molecule has 0 amide bonds. The summed E-state index contributed by atoms with van der Waals surface area (Å²) in [6, 6.07) is 3.57. The first-order valence-corrected chi connectivity index (χ1v) is 7.55. The minimum Gasteiger partial charge on any atom is -0.459 e. The summed E-state index contributed by atoms with van der Waals surface area (Å²) < 4.78 is 5.45. The summed E-state index contributed by atoms with van der Waals surface area (Å²) in [4.78, 5) is 0. The second-order valence-electron chi connectivity index (χ2n) is 5.30. The smallest absolute Gasteiger partial charge is 0.130 e. The van der Waals surface area contributed by atoms with Crippen molar-refractivity contribution in [3.63, 3.8) is 0 Å². The SMILES string of the molecule is C=C(C)/C(=C/CO)C(O)CC/C(=C/c1ccc(CO)o1)CC. The highest BCUT2D eigenvalue weighted by molar-refractivity contribution is 5.47. The van der Waals surface area contributed by atoms with Crippen molar-refractivity contribution in [1.29, 1.82) is 0 Å². The van der Waals surface area contributed by atoms with Crippen LogP contribution in [0.1, 0.15) is 44.6 Å². The van der Waals surface area contributed by atoms with Gasteiger partial charge in [-0.1, -0.05) is 30.7 Å². The first kappa shape index (κ1) is 18.4. The normalized spacial score (nSPS) is 14.2. The van der Waals surface area contributed by atoms with E-state index in [4.69, 9.17) is 14.6 Å². The van der Waals surface area contributed by atoms with Crippen LogP contribution in [-0.4, -0.2) is 28.0 Å². The molecule has 1 unspecified atom stereocenters. The summed E-state index contributed by atoms with van der Waals surface area (Å²) in [6.07, 6.45) is 5.05. The molecule has 1 aromatic rings. The Hall–Kier alpha value is -1.62. The molecule has 0 fully saturated rings. The predicted molar refractivity (Wildman–Crippen MR) is 88.1 cm³/mol. The fourth-order valence-electron chi connectivity index (χ4n) is 2.28. The van der Waals surface area contributed by atoms with Crippen LogP contribution in [0.15, 0.2) is 45.9 Å². The molecule has 0 aromatic carbocycles. The Balaban J connectivity index is 2.70. The number of furan rings is 1. The number of hydrogen-bond donors (Lipinski definition) is 3. The number of allylic oxidation sites excluding steroid dienone is 1. The van der Waals surface area contributed by atoms with Crippen LogP contribution in [0.25, 0.3) is 6.08 Å². The van der Waals surface area contributed by atoms with E-state index in [-0.39, 0.29) is 13.2 Å². The van der Waals surface area contributed by atoms with Crippen molar-refractivity contribution >= 4 is 6.08 Å². The first-order chi connectivity index (χ1) is 10.5. The molecule has 0 spiro atoms. The molecule has 0 radical (unpaired) electrons. The van der Waals surface area contributed by atoms with E-state index in [2.05, 4.69) is 13.5 Å². The molecule has 122 valence electrons. The van der Waals surface area contributed by atoms with E-state index in [0.717, 1.165) is 24.0 Å². The summed E-state index contributed by atoms with van der Waals surface area (Å²) in [5.41, 5.74) is 2.61. The lowest BCUT2D eigenvalue weighted by molar-refractivity contribution is 0.201. The zero-order valence-corrected chi connectivity index (χ0v) is 13.4. The van der Waals surface area contributed by atoms with Crippen LogP contribution in [0, 0.1) is 0 Å². The van der Waals surface area contributed by atoms with E-state index in [1.54, 1.807) is 12.1 Å². The Morgan fingerprint density at radius 1 is 1.36 bits per heavy atom. The molecule has 1 heterocycles. The first-order valence-electron chi connectivity index (χ1n) is 7.55. The van der Waals surface area contributed by atoms with E-state index in [9.17, 15) is 5.11 Å². The van der Waals surface area contributed by atoms with Gasteiger partial charge in [0.1, 0.15) is 18.1 Å². The van der Waals surface area contributed by atoms with Crippen molar-refractivity contribution in [3.8, 4) is 0 Å². The van der Waals surface area contributed by atoms with Crippen LogP contribution in [0.4, 0.5) is 0 Å². The minimum absolute atomic E-state index is 0.105. The average Bonchev–Trinajstić information content (AvgIpc) is 2.95. The van der Waals surface area contributed by atoms with Crippen LogP contribution >= 0.6 is 0 Å². The second kappa shape index (κ2) is 9.41. The number of aliphatic hydroxyl groups is 3. The molecule has 1 aromatic heterocycles. The van der Waals surface area contributed by atoms with Gasteiger partial charge in [0.05, 0.1) is 12.7 Å². The Morgan fingerprint density at radius 3 is 2.59 bits per heavy atom. The van der Waals surface area contributed by atoms with Crippen LogP contribution < -0.4 is 0 Å². The Morgan fingerprint density at radius 2 is 2.09 bits per heavy atom. The fourth-order valence-corrected chi connectivity index (χ4v) is 2.28. The molecule has 22 heavy (non-hydrogen) atoms. The molecule has 0 bridgehead atoms. The van der Waals surface area contributed by atoms with Gasteiger partial charge in [-0.2, -0.15) is 0 Å². The lowest BCUT2D eigenvalue weighted by Crippen LogP contribution is -2.12. The highest BCUT2D eigenvalue weighted by Crippen LogP contribution is 2.22. The van der Waals surface area contributed by atoms with Crippen molar-refractivity contribution in [2.75, 3.05) is 6.61 Å². The molecule has 0 saturated heterocycles. The van der Waals surface area contributed by atoms with Crippen molar-refractivity contribution in [3.05, 3.63) is 53.0 Å². The molecular weight excluding hydrogens is 280 g/mol. The van der Waals surface area contributed by atoms with Crippen molar-refractivity contribution in [2.45, 2.75) is 45.8 Å². The third-order valence-electron chi connectivity index (χ3n) is 3.54. The average molecular weight is 306 g/mol. The van der Waals surface area contributed by atoms with Gasteiger partial charge in [-0.05, 0) is 50.0 Å². The molecule has 0 aliphatic rings. The Labute approximate surface area is 132 Å². The predicted octanol–water partition coefficient (Wildman–Crippen LogP) is 3.20. The summed E-state index contributed by atoms with van der Waals surface area (Å²) in [5, 5.41) is 28.2. The lowest BCUT2D eigenvalue weighted by atomic mass is 9.96. The van der Waals surface area contributed by atoms with Gasteiger partial charge in [-0.15, -0.1) is 0 Å². The van der Waals surface area contributed by atoms with E-state index >= 15 is 0 Å². The topological polar surface area (TPSA) is 73.8 Å². The molecule has 3 N–H and O–H groups in total. The maximum atomic E-state index is 10.2. The molecule has 4 heteroatoms. The third-order valence-corrected chi connectivity index (χ3v) is 3.54. The van der Waals surface area contributed by atoms with Crippen LogP contribution in [-0.2, 0) is 6.61 Å². The molecule has 1 rings (SSSR count). The molecular formula is C18H26O4. The zero-order chi connectivity index (χ0) is 16.5. The van der Waals surface area contributed by atoms with Gasteiger partial charge >= 0.3 is 0 Å². The standard InChI is InChI=1S/C18H26O4/c1-4-14(11-15-6-7-16(12-20)22-15)5-8-18(21)17(9-10-19)13(2)3/h6-7,9,11,18-21H,2,4-5,8,10,12H2,1,3H3/b14-11+,17-9-. The minimum atomic E-state index is -0.635. The van der Waals surface area contributed by atoms with E-state index in [1.165, 1.54) is 0 Å². The van der Waals surface area contributed by atoms with Crippen LogP contribution in [0.5, 0.6) is 0 Å². The van der Waals surface area contributed by atoms with Crippen LogP contribution in [0.2, 0.25) is 0 Å². The van der Waals surface area contributed by atoms with Gasteiger partial charge in [0.25, 0.3) is 0 Å². The lowest BCUT2D eigenvalue weighted by Gasteiger charge is -2.16. The molecule has 0 saturated carbocycles. The van der Waals surface area contributed by atoms with Gasteiger partial charge < -0.3 is 19.7 Å². The van der Waals surface area contributed by atoms with E-state index in [0.29, 0.717) is 23.5 Å². The maximum Gasteiger partial charge on any atom is 0.130 e. The summed E-state index contributed by atoms with van der Waals surface area (Å²) >= 11 is 0. The summed E-state index contributed by atoms with van der Waals surface area (Å²) in [6.45, 7) is 7.49. The number of rotatable bonds is 9. The maximum absolute atomic E-state index is 10.2. The molecule has 4 nitrogen and oxygen atoms in total. The van der Waals surface area contributed by atoms with Gasteiger partial charge in [-0.3, -0.25) is 0 Å². The fraction of sp³-hybridized carbons (Fsp3) is 0.444. The Bertz CT molecular complexity index is 537. The van der Waals surface area contributed by atoms with Gasteiger partial charge in [-0.25, -0.2) is 0 Å². The number of hydrogen-bond acceptors (Lipinski definition) is 4. The van der Waals surface area contributed by atoms with Crippen LogP contribution in [0.3, 0.4) is 0 Å². The van der Waals surface area contributed by atoms with Gasteiger partial charge in [0.2, 0.25) is 0 Å². The summed E-state index contributed by atoms with van der Waals surface area (Å²) in [7, 11) is 0. The van der Waals surface area contributed by atoms with E-state index < -0.39 is 6.10 Å². The molecule has 1 atom stereocenters. The zero-order valence-electron chi connectivity index (χ0n) is 13.4. The molecule has 0 aliphatic heterocycles. The highest BCUT2D eigenvalue weighted by Gasteiger charge is 2.12. The largest absolute Gasteiger partial charge is 0.459 e. The van der Waals surface area contributed by atoms with Gasteiger partial charge in [0.15, 0.2) is 0 Å². The quantitative estimate of drug-likeness (QED) is 0.613. The van der Waals surface area contributed by atoms with Crippen molar-refractivity contribution in [2.24, 2.45) is 0 Å². The molecule has 0 aliphatic carbocycles. The van der Waals surface area contributed by atoms with Crippen molar-refractivity contribution in [1.82, 2.24) is 0 Å². The summed E-state index contributed by atoms with van der Waals surface area (Å²) in [5.74, 6) is 1.25. The van der Waals surface area contributed by atoms with Crippen molar-refractivity contribution < 1.29 is 19.7 Å². The second-order valence-corrected chi connectivity index (χ2v) is 5.30. The van der Waals surface area contributed by atoms with E-state index in [1.807, 2.05) is 19.1 Å². The van der Waals surface area contributed by atoms with Gasteiger partial charge in [0, 0.05) is 0 Å². The Kier molecular flexibility index (Phi) is 7.88. The third kappa shape index (κ3) is 5.64. The number of aliphatic hydroxyl groups excluding tert-OH is 3. The highest BCUT2D eigenvalue weighted by atomic mass is 16.4.